The van der Waals surface area contributed by atoms with Crippen LogP contribution in [0.1, 0.15) is 11.1 Å². The first-order chi connectivity index (χ1) is 16.6. The highest BCUT2D eigenvalue weighted by molar-refractivity contribution is 5.93. The van der Waals surface area contributed by atoms with Gasteiger partial charge in [0, 0.05) is 25.1 Å². The number of hydrogen-bond donors (Lipinski definition) is 1. The standard InChI is InChI=1S/C27H21N5O2/c1-18-6-2-3-7-22(18)32-27(34)21-17-30(23-8-4-9-24(33)25(23)26(21)29-32)16-19-10-12-20(13-11-19)31-15-5-14-28-31/h2-15,17,29H,16H2,1H3. The van der Waals surface area contributed by atoms with Crippen molar-refractivity contribution < 1.29 is 0 Å². The van der Waals surface area contributed by atoms with E-state index in [-0.39, 0.29) is 11.0 Å². The van der Waals surface area contributed by atoms with Crippen LogP contribution < -0.4 is 11.0 Å². The lowest BCUT2D eigenvalue weighted by Gasteiger charge is -2.16. The largest absolute Gasteiger partial charge is 0.342 e. The Morgan fingerprint density at radius 2 is 1.74 bits per heavy atom. The maximum absolute atomic E-state index is 13.4. The number of benzene rings is 3. The van der Waals surface area contributed by atoms with Gasteiger partial charge in [0.1, 0.15) is 0 Å². The van der Waals surface area contributed by atoms with Crippen molar-refractivity contribution in [3.05, 3.63) is 123 Å². The highest BCUT2D eigenvalue weighted by atomic mass is 16.1. The van der Waals surface area contributed by atoms with E-state index < -0.39 is 0 Å². The predicted octanol–water partition coefficient (Wildman–Crippen LogP) is 4.13. The monoisotopic (exact) mass is 447 g/mol. The molecule has 6 rings (SSSR count). The Balaban J connectivity index is 1.51. The van der Waals surface area contributed by atoms with Crippen LogP contribution in [0.4, 0.5) is 0 Å². The van der Waals surface area contributed by atoms with Crippen molar-refractivity contribution in [1.82, 2.24) is 24.1 Å². The predicted molar refractivity (Wildman–Crippen MR) is 132 cm³/mol. The van der Waals surface area contributed by atoms with Crippen molar-refractivity contribution in [2.45, 2.75) is 13.5 Å². The van der Waals surface area contributed by atoms with E-state index in [0.29, 0.717) is 23.0 Å². The number of nitrogens with zero attached hydrogens (tertiary/aromatic N) is 4. The molecule has 0 unspecified atom stereocenters. The lowest BCUT2D eigenvalue weighted by atomic mass is 10.1. The van der Waals surface area contributed by atoms with Gasteiger partial charge in [-0.1, -0.05) is 36.4 Å². The molecule has 0 fully saturated rings. The van der Waals surface area contributed by atoms with Gasteiger partial charge in [-0.2, -0.15) is 5.10 Å². The van der Waals surface area contributed by atoms with Gasteiger partial charge >= 0.3 is 0 Å². The molecule has 0 spiro atoms. The third-order valence-electron chi connectivity index (χ3n) is 6.19. The molecule has 0 radical (unpaired) electrons. The van der Waals surface area contributed by atoms with Crippen LogP contribution in [0.15, 0.2) is 101 Å². The zero-order chi connectivity index (χ0) is 23.2. The second-order valence-electron chi connectivity index (χ2n) is 8.35. The Kier molecular flexibility index (Phi) is 4.55. The topological polar surface area (TPSA) is 77.6 Å². The summed E-state index contributed by atoms with van der Waals surface area (Å²) in [7, 11) is 0. The fourth-order valence-electron chi connectivity index (χ4n) is 4.48. The van der Waals surface area contributed by atoms with Crippen LogP contribution in [-0.4, -0.2) is 24.1 Å². The molecule has 1 N–H and O–H groups in total. The molecule has 166 valence electrons. The summed E-state index contributed by atoms with van der Waals surface area (Å²) < 4.78 is 5.30. The Morgan fingerprint density at radius 3 is 2.50 bits per heavy atom. The number of aromatic amines is 1. The average Bonchev–Trinajstić information content (AvgIpc) is 3.49. The number of fused-ring (bicyclic) bond motifs is 3. The summed E-state index contributed by atoms with van der Waals surface area (Å²) in [6.07, 6.45) is 5.48. The number of H-pyrrole nitrogens is 1. The summed E-state index contributed by atoms with van der Waals surface area (Å²) >= 11 is 0. The molecule has 7 heteroatoms. The molecule has 0 atom stereocenters. The molecule has 4 aromatic rings. The maximum atomic E-state index is 13.4. The second-order valence-corrected chi connectivity index (χ2v) is 8.35. The van der Waals surface area contributed by atoms with E-state index in [1.807, 2.05) is 84.5 Å². The number of pyridine rings is 1. The summed E-state index contributed by atoms with van der Waals surface area (Å²) in [5.41, 5.74) is 5.28. The number of para-hydroxylation sites is 1. The molecule has 7 nitrogen and oxygen atoms in total. The second kappa shape index (κ2) is 7.74. The van der Waals surface area contributed by atoms with Crippen molar-refractivity contribution >= 4 is 10.9 Å². The number of nitrogens with one attached hydrogen (secondary N) is 1. The molecule has 0 amide bonds. The van der Waals surface area contributed by atoms with Crippen LogP contribution in [0.2, 0.25) is 0 Å². The Hall–Kier alpha value is -4.65. The third-order valence-corrected chi connectivity index (χ3v) is 6.19. The SMILES string of the molecule is Cc1ccccc1-n1[nH]c2c3c(=O)cccc-3n(Cc3ccc(-n4cccn4)cc3)cc2c1=O. The van der Waals surface area contributed by atoms with Gasteiger partial charge in [-0.3, -0.25) is 14.7 Å². The van der Waals surface area contributed by atoms with Gasteiger partial charge < -0.3 is 4.57 Å². The van der Waals surface area contributed by atoms with Crippen molar-refractivity contribution in [3.8, 4) is 22.6 Å². The first-order valence-electron chi connectivity index (χ1n) is 11.0. The molecule has 34 heavy (non-hydrogen) atoms. The van der Waals surface area contributed by atoms with Gasteiger partial charge in [0.05, 0.1) is 33.5 Å². The summed E-state index contributed by atoms with van der Waals surface area (Å²) in [4.78, 5) is 26.4. The van der Waals surface area contributed by atoms with E-state index in [1.165, 1.54) is 10.7 Å². The van der Waals surface area contributed by atoms with Gasteiger partial charge in [0.15, 0.2) is 5.43 Å². The quantitative estimate of drug-likeness (QED) is 0.441. The highest BCUT2D eigenvalue weighted by Gasteiger charge is 2.20. The lowest BCUT2D eigenvalue weighted by Crippen LogP contribution is -2.16. The van der Waals surface area contributed by atoms with E-state index in [9.17, 15) is 9.59 Å². The van der Waals surface area contributed by atoms with E-state index in [1.54, 1.807) is 16.9 Å². The molecule has 0 bridgehead atoms. The Bertz CT molecular complexity index is 1720. The minimum absolute atomic E-state index is 0.121. The van der Waals surface area contributed by atoms with E-state index in [0.717, 1.165) is 28.2 Å². The van der Waals surface area contributed by atoms with Gasteiger partial charge in [-0.15, -0.1) is 0 Å². The molecule has 1 aliphatic carbocycles. The Labute approximate surface area is 194 Å². The third kappa shape index (κ3) is 3.17. The first-order valence-corrected chi connectivity index (χ1v) is 11.0. The molecule has 2 aromatic carbocycles. The molecule has 0 saturated carbocycles. The smallest absolute Gasteiger partial charge is 0.280 e. The van der Waals surface area contributed by atoms with Gasteiger partial charge in [-0.25, -0.2) is 9.36 Å². The van der Waals surface area contributed by atoms with Crippen molar-refractivity contribution in [1.29, 1.82) is 0 Å². The van der Waals surface area contributed by atoms with Crippen molar-refractivity contribution in [3.63, 3.8) is 0 Å². The number of hydrogen-bond acceptors (Lipinski definition) is 3. The van der Waals surface area contributed by atoms with Crippen LogP contribution in [0.25, 0.3) is 33.5 Å². The molecule has 1 aliphatic heterocycles. The minimum atomic E-state index is -0.183. The number of aryl methyl sites for hydroxylation is 1. The number of rotatable bonds is 4. The van der Waals surface area contributed by atoms with E-state index >= 15 is 0 Å². The normalized spacial score (nSPS) is 11.4. The molecule has 2 aliphatic rings. The summed E-state index contributed by atoms with van der Waals surface area (Å²) in [6.45, 7) is 2.47. The van der Waals surface area contributed by atoms with E-state index in [2.05, 4.69) is 10.2 Å². The summed E-state index contributed by atoms with van der Waals surface area (Å²) in [5.74, 6) is 0. The van der Waals surface area contributed by atoms with Crippen LogP contribution in [0.5, 0.6) is 0 Å². The van der Waals surface area contributed by atoms with Gasteiger partial charge in [0.2, 0.25) is 0 Å². The summed E-state index contributed by atoms with van der Waals surface area (Å²) in [6, 6.07) is 22.8. The fraction of sp³-hybridized carbons (Fsp3) is 0.0741. The van der Waals surface area contributed by atoms with Crippen LogP contribution in [0.3, 0.4) is 0 Å². The van der Waals surface area contributed by atoms with Gasteiger partial charge in [-0.05, 0) is 54.4 Å². The van der Waals surface area contributed by atoms with Crippen LogP contribution >= 0.6 is 0 Å². The zero-order valence-electron chi connectivity index (χ0n) is 18.5. The van der Waals surface area contributed by atoms with Gasteiger partial charge in [0.25, 0.3) is 5.56 Å². The maximum Gasteiger partial charge on any atom is 0.280 e. The van der Waals surface area contributed by atoms with E-state index in [4.69, 9.17) is 0 Å². The molecule has 2 aromatic heterocycles. The fourth-order valence-corrected chi connectivity index (χ4v) is 4.48. The van der Waals surface area contributed by atoms with Crippen LogP contribution in [-0.2, 0) is 6.54 Å². The lowest BCUT2D eigenvalue weighted by molar-refractivity contribution is 0.802. The zero-order valence-corrected chi connectivity index (χ0v) is 18.5. The van der Waals surface area contributed by atoms with Crippen LogP contribution in [0, 0.1) is 6.92 Å². The van der Waals surface area contributed by atoms with Crippen molar-refractivity contribution in [2.75, 3.05) is 0 Å². The minimum Gasteiger partial charge on any atom is -0.342 e. The Morgan fingerprint density at radius 1 is 0.912 bits per heavy atom. The summed E-state index contributed by atoms with van der Waals surface area (Å²) in [5, 5.41) is 7.94. The number of aromatic nitrogens is 5. The molecular formula is C27H21N5O2. The molecule has 0 saturated heterocycles. The average molecular weight is 447 g/mol. The van der Waals surface area contributed by atoms with Crippen molar-refractivity contribution in [2.24, 2.45) is 0 Å². The first kappa shape index (κ1) is 20.0. The molecular weight excluding hydrogens is 426 g/mol. The molecule has 3 heterocycles. The highest BCUT2D eigenvalue weighted by Crippen LogP contribution is 2.27.